The lowest BCUT2D eigenvalue weighted by atomic mass is 10.2. The number of hydrogen-bond acceptors (Lipinski definition) is 6. The monoisotopic (exact) mass is 439 g/mol. The average molecular weight is 439 g/mol. The third kappa shape index (κ3) is 5.60. The first-order valence-electron chi connectivity index (χ1n) is 10.00. The minimum absolute atomic E-state index is 0.0381. The summed E-state index contributed by atoms with van der Waals surface area (Å²) in [6.45, 7) is 2.04. The molecule has 32 heavy (non-hydrogen) atoms. The number of carboxylic acid groups (broad SMARTS) is 1. The maximum atomic E-state index is 12.5. The molecule has 3 rings (SSSR count). The quantitative estimate of drug-likeness (QED) is 0.347. The molecular weight excluding hydrogens is 414 g/mol. The maximum absolute atomic E-state index is 12.5. The van der Waals surface area contributed by atoms with Crippen LogP contribution in [0.5, 0.6) is 17.2 Å². The molecule has 0 unspecified atom stereocenters. The summed E-state index contributed by atoms with van der Waals surface area (Å²) in [5, 5.41) is 12.4. The number of carbonyl (C=O) groups excluding carboxylic acids is 1. The van der Waals surface area contributed by atoms with E-state index >= 15 is 0 Å². The highest BCUT2D eigenvalue weighted by Crippen LogP contribution is 2.32. The fourth-order valence-electron chi connectivity index (χ4n) is 3.11. The second-order valence-corrected chi connectivity index (χ2v) is 7.02. The van der Waals surface area contributed by atoms with Crippen LogP contribution in [0.1, 0.15) is 25.5 Å². The predicted molar refractivity (Wildman–Crippen MR) is 120 cm³/mol. The Balaban J connectivity index is 1.73. The van der Waals surface area contributed by atoms with E-state index in [0.29, 0.717) is 46.3 Å². The molecule has 168 valence electrons. The number of para-hydroxylation sites is 1. The van der Waals surface area contributed by atoms with Gasteiger partial charge in [-0.25, -0.2) is 0 Å². The minimum Gasteiger partial charge on any atom is -0.493 e. The zero-order valence-electron chi connectivity index (χ0n) is 18.1. The molecule has 0 atom stereocenters. The Bertz CT molecular complexity index is 1150. The highest BCUT2D eigenvalue weighted by atomic mass is 16.5. The number of nitrogens with one attached hydrogen (secondary N) is 1. The number of anilines is 1. The van der Waals surface area contributed by atoms with Crippen molar-refractivity contribution in [2.75, 3.05) is 26.1 Å². The first-order chi connectivity index (χ1) is 15.4. The van der Waals surface area contributed by atoms with E-state index in [9.17, 15) is 9.59 Å². The van der Waals surface area contributed by atoms with Crippen molar-refractivity contribution in [3.05, 3.63) is 54.3 Å². The average Bonchev–Trinajstić information content (AvgIpc) is 3.21. The summed E-state index contributed by atoms with van der Waals surface area (Å²) in [6.07, 6.45) is 1.88. The van der Waals surface area contributed by atoms with E-state index in [4.69, 9.17) is 23.7 Å². The predicted octanol–water partition coefficient (Wildman–Crippen LogP) is 4.74. The summed E-state index contributed by atoms with van der Waals surface area (Å²) in [6, 6.07) is 12.4. The summed E-state index contributed by atoms with van der Waals surface area (Å²) < 4.78 is 22.1. The van der Waals surface area contributed by atoms with Crippen LogP contribution >= 0.6 is 0 Å². The largest absolute Gasteiger partial charge is 0.493 e. The van der Waals surface area contributed by atoms with Crippen LogP contribution in [-0.2, 0) is 9.59 Å². The lowest BCUT2D eigenvalue weighted by Gasteiger charge is -2.09. The van der Waals surface area contributed by atoms with Crippen molar-refractivity contribution in [1.82, 2.24) is 0 Å². The summed E-state index contributed by atoms with van der Waals surface area (Å²) in [7, 11) is 3.07. The second-order valence-electron chi connectivity index (χ2n) is 7.02. The molecule has 0 bridgehead atoms. The minimum atomic E-state index is -0.862. The number of fused-ring (bicyclic) bond motifs is 1. The summed E-state index contributed by atoms with van der Waals surface area (Å²) in [5.74, 6) is 0.963. The summed E-state index contributed by atoms with van der Waals surface area (Å²) >= 11 is 0. The smallest absolute Gasteiger partial charge is 0.303 e. The second kappa shape index (κ2) is 10.4. The number of carbonyl (C=O) groups is 2. The van der Waals surface area contributed by atoms with Crippen molar-refractivity contribution in [2.45, 2.75) is 19.8 Å². The molecule has 3 aromatic rings. The third-order valence-electron chi connectivity index (χ3n) is 4.69. The first-order valence-corrected chi connectivity index (χ1v) is 10.00. The van der Waals surface area contributed by atoms with Gasteiger partial charge < -0.3 is 29.1 Å². The number of rotatable bonds is 10. The first kappa shape index (κ1) is 22.7. The lowest BCUT2D eigenvalue weighted by Crippen LogP contribution is -2.08. The van der Waals surface area contributed by atoms with Crippen molar-refractivity contribution in [3.8, 4) is 17.2 Å². The number of carboxylic acids is 1. The van der Waals surface area contributed by atoms with E-state index in [1.807, 2.05) is 18.2 Å². The van der Waals surface area contributed by atoms with Crippen LogP contribution in [0, 0.1) is 0 Å². The number of furan rings is 1. The number of hydrogen-bond donors (Lipinski definition) is 2. The van der Waals surface area contributed by atoms with Gasteiger partial charge in [0.05, 0.1) is 20.8 Å². The van der Waals surface area contributed by atoms with Gasteiger partial charge in [0.2, 0.25) is 5.91 Å². The van der Waals surface area contributed by atoms with Gasteiger partial charge in [-0.3, -0.25) is 9.59 Å². The van der Waals surface area contributed by atoms with Gasteiger partial charge in [0.25, 0.3) is 0 Å². The van der Waals surface area contributed by atoms with Crippen molar-refractivity contribution >= 4 is 34.1 Å². The van der Waals surface area contributed by atoms with Crippen LogP contribution in [0.2, 0.25) is 0 Å². The van der Waals surface area contributed by atoms with Gasteiger partial charge >= 0.3 is 5.97 Å². The number of methoxy groups -OCH3 is 2. The zero-order chi connectivity index (χ0) is 23.1. The maximum Gasteiger partial charge on any atom is 0.303 e. The molecule has 0 aliphatic carbocycles. The van der Waals surface area contributed by atoms with E-state index in [0.717, 1.165) is 5.39 Å². The van der Waals surface area contributed by atoms with Crippen LogP contribution in [0.25, 0.3) is 16.5 Å². The molecule has 0 saturated carbocycles. The van der Waals surface area contributed by atoms with E-state index in [-0.39, 0.29) is 18.9 Å². The molecule has 0 fully saturated rings. The zero-order valence-corrected chi connectivity index (χ0v) is 18.1. The van der Waals surface area contributed by atoms with Crippen LogP contribution in [0.3, 0.4) is 0 Å². The van der Waals surface area contributed by atoms with Crippen LogP contribution < -0.4 is 19.5 Å². The van der Waals surface area contributed by atoms with Crippen molar-refractivity contribution < 1.29 is 33.3 Å². The molecule has 2 aromatic carbocycles. The fraction of sp³-hybridized carbons (Fsp3) is 0.250. The standard InChI is InChI=1S/C24H25NO7/c1-15(12-22(26)25-17-9-10-18(29-2)21(14-17)30-3)20-13-16-6-4-7-19(24(16)32-20)31-11-5-8-23(27)28/h4,6-7,9-10,12-14H,5,8,11H2,1-3H3,(H,25,26)(H,27,28)/b15-12+. The lowest BCUT2D eigenvalue weighted by molar-refractivity contribution is -0.137. The van der Waals surface area contributed by atoms with Gasteiger partial charge in [-0.15, -0.1) is 0 Å². The molecule has 0 radical (unpaired) electrons. The highest BCUT2D eigenvalue weighted by Gasteiger charge is 2.12. The number of amides is 1. The number of allylic oxidation sites excluding steroid dienone is 1. The number of aliphatic carboxylic acids is 1. The van der Waals surface area contributed by atoms with Crippen LogP contribution in [0.15, 0.2) is 53.0 Å². The van der Waals surface area contributed by atoms with Gasteiger partial charge in [-0.2, -0.15) is 0 Å². The Labute approximate surface area is 185 Å². The molecule has 1 amide bonds. The van der Waals surface area contributed by atoms with Crippen LogP contribution in [0.4, 0.5) is 5.69 Å². The molecule has 0 aliphatic rings. The molecule has 1 aromatic heterocycles. The Morgan fingerprint density at radius 1 is 1.06 bits per heavy atom. The van der Waals surface area contributed by atoms with E-state index in [1.54, 1.807) is 38.3 Å². The molecule has 1 heterocycles. The van der Waals surface area contributed by atoms with Crippen molar-refractivity contribution in [3.63, 3.8) is 0 Å². The summed E-state index contributed by atoms with van der Waals surface area (Å²) in [4.78, 5) is 23.1. The summed E-state index contributed by atoms with van der Waals surface area (Å²) in [5.41, 5.74) is 1.75. The Morgan fingerprint density at radius 3 is 2.56 bits per heavy atom. The van der Waals surface area contributed by atoms with Gasteiger partial charge in [0.1, 0.15) is 5.76 Å². The third-order valence-corrected chi connectivity index (χ3v) is 4.69. The fourth-order valence-corrected chi connectivity index (χ4v) is 3.11. The molecule has 0 aliphatic heterocycles. The van der Waals surface area contributed by atoms with E-state index in [1.165, 1.54) is 13.2 Å². The molecule has 8 nitrogen and oxygen atoms in total. The molecule has 0 spiro atoms. The van der Waals surface area contributed by atoms with Crippen molar-refractivity contribution in [2.24, 2.45) is 0 Å². The molecular formula is C24H25NO7. The van der Waals surface area contributed by atoms with E-state index < -0.39 is 5.97 Å². The van der Waals surface area contributed by atoms with Gasteiger partial charge in [-0.05, 0) is 43.2 Å². The molecule has 8 heteroatoms. The molecule has 2 N–H and O–H groups in total. The van der Waals surface area contributed by atoms with Gasteiger partial charge in [-0.1, -0.05) is 12.1 Å². The number of benzene rings is 2. The van der Waals surface area contributed by atoms with Gasteiger partial charge in [0.15, 0.2) is 22.8 Å². The van der Waals surface area contributed by atoms with Gasteiger partial charge in [0, 0.05) is 29.6 Å². The topological polar surface area (TPSA) is 107 Å². The normalized spacial score (nSPS) is 11.3. The van der Waals surface area contributed by atoms with Crippen LogP contribution in [-0.4, -0.2) is 37.8 Å². The van der Waals surface area contributed by atoms with Crippen molar-refractivity contribution in [1.29, 1.82) is 0 Å². The SMILES string of the molecule is COc1ccc(NC(=O)/C=C(\C)c2cc3cccc(OCCCC(=O)O)c3o2)cc1OC. The number of ether oxygens (including phenoxy) is 3. The highest BCUT2D eigenvalue weighted by molar-refractivity contribution is 6.04. The molecule has 0 saturated heterocycles. The Morgan fingerprint density at radius 2 is 1.84 bits per heavy atom. The Hall–Kier alpha value is -3.94. The Kier molecular flexibility index (Phi) is 7.38. The van der Waals surface area contributed by atoms with E-state index in [2.05, 4.69) is 5.32 Å².